The molecule has 0 aromatic carbocycles. The largest absolute Gasteiger partial charge is 0.379 e. The van der Waals surface area contributed by atoms with Gasteiger partial charge in [0.1, 0.15) is 5.15 Å². The topological polar surface area (TPSA) is 49.8 Å². The van der Waals surface area contributed by atoms with Gasteiger partial charge >= 0.3 is 0 Å². The van der Waals surface area contributed by atoms with Gasteiger partial charge in [-0.05, 0) is 43.7 Å². The summed E-state index contributed by atoms with van der Waals surface area (Å²) in [7, 11) is 2.05. The van der Waals surface area contributed by atoms with Crippen LogP contribution >= 0.6 is 11.6 Å². The van der Waals surface area contributed by atoms with Crippen molar-refractivity contribution >= 4 is 17.6 Å². The molecule has 1 saturated carbocycles. The summed E-state index contributed by atoms with van der Waals surface area (Å²) in [5, 5.41) is 3.85. The van der Waals surface area contributed by atoms with E-state index in [0.29, 0.717) is 5.15 Å². The first-order valence-electron chi connectivity index (χ1n) is 8.36. The van der Waals surface area contributed by atoms with E-state index in [4.69, 9.17) is 16.3 Å². The predicted molar refractivity (Wildman–Crippen MR) is 95.1 cm³/mol. The molecule has 0 bridgehead atoms. The first-order valence-corrected chi connectivity index (χ1v) is 8.74. The van der Waals surface area contributed by atoms with E-state index < -0.39 is 0 Å². The van der Waals surface area contributed by atoms with Gasteiger partial charge in [-0.1, -0.05) is 17.7 Å². The summed E-state index contributed by atoms with van der Waals surface area (Å²) >= 11 is 5.80. The number of aromatic nitrogens is 1. The van der Waals surface area contributed by atoms with Crippen LogP contribution in [0.4, 0.5) is 0 Å². The van der Waals surface area contributed by atoms with E-state index >= 15 is 0 Å². The van der Waals surface area contributed by atoms with Crippen LogP contribution in [-0.4, -0.2) is 55.7 Å². The number of rotatable bonds is 9. The highest BCUT2D eigenvalue weighted by Gasteiger charge is 2.21. The SMILES string of the molecule is CCNC(=NCCc1ccc(Cl)nc1)N(C)CCOCC1CC1. The minimum Gasteiger partial charge on any atom is -0.379 e. The molecule has 0 saturated heterocycles. The zero-order valence-electron chi connectivity index (χ0n) is 14.1. The van der Waals surface area contributed by atoms with Crippen molar-refractivity contribution in [1.82, 2.24) is 15.2 Å². The van der Waals surface area contributed by atoms with Crippen molar-refractivity contribution in [3.63, 3.8) is 0 Å². The molecule has 0 atom stereocenters. The molecule has 1 aromatic heterocycles. The van der Waals surface area contributed by atoms with Crippen molar-refractivity contribution in [2.75, 3.05) is 39.9 Å². The van der Waals surface area contributed by atoms with E-state index in [-0.39, 0.29) is 0 Å². The lowest BCUT2D eigenvalue weighted by molar-refractivity contribution is 0.115. The van der Waals surface area contributed by atoms with E-state index in [0.717, 1.165) is 56.7 Å². The molecular formula is C17H27ClN4O. The maximum Gasteiger partial charge on any atom is 0.193 e. The Morgan fingerprint density at radius 3 is 2.96 bits per heavy atom. The number of hydrogen-bond acceptors (Lipinski definition) is 3. The Hall–Kier alpha value is -1.33. The third kappa shape index (κ3) is 7.18. The van der Waals surface area contributed by atoms with Crippen LogP contribution in [0.25, 0.3) is 0 Å². The first-order chi connectivity index (χ1) is 11.2. The molecule has 1 aliphatic rings. The van der Waals surface area contributed by atoms with Crippen molar-refractivity contribution in [3.8, 4) is 0 Å². The average Bonchev–Trinajstić information content (AvgIpc) is 3.36. The highest BCUT2D eigenvalue weighted by Crippen LogP contribution is 2.28. The number of ether oxygens (including phenoxy) is 1. The molecule has 23 heavy (non-hydrogen) atoms. The number of hydrogen-bond donors (Lipinski definition) is 1. The van der Waals surface area contributed by atoms with Crippen LogP contribution in [-0.2, 0) is 11.2 Å². The third-order valence-electron chi connectivity index (χ3n) is 3.77. The normalized spacial score (nSPS) is 14.8. The van der Waals surface area contributed by atoms with Crippen molar-refractivity contribution in [2.45, 2.75) is 26.2 Å². The molecule has 0 aliphatic heterocycles. The molecule has 0 unspecified atom stereocenters. The van der Waals surface area contributed by atoms with Crippen molar-refractivity contribution < 1.29 is 4.74 Å². The van der Waals surface area contributed by atoms with Crippen LogP contribution in [0.15, 0.2) is 23.3 Å². The van der Waals surface area contributed by atoms with Gasteiger partial charge in [-0.3, -0.25) is 4.99 Å². The second-order valence-electron chi connectivity index (χ2n) is 5.91. The minimum atomic E-state index is 0.525. The summed E-state index contributed by atoms with van der Waals surface area (Å²) in [6.45, 7) is 6.16. The molecule has 1 fully saturated rings. The molecule has 1 aliphatic carbocycles. The zero-order valence-corrected chi connectivity index (χ0v) is 14.9. The predicted octanol–water partition coefficient (Wildman–Crippen LogP) is 2.60. The molecule has 1 aromatic rings. The molecule has 6 heteroatoms. The lowest BCUT2D eigenvalue weighted by atomic mass is 10.2. The van der Waals surface area contributed by atoms with Gasteiger partial charge < -0.3 is 15.0 Å². The number of guanidine groups is 1. The van der Waals surface area contributed by atoms with Crippen LogP contribution in [0, 0.1) is 5.92 Å². The van der Waals surface area contributed by atoms with Crippen molar-refractivity contribution in [1.29, 1.82) is 0 Å². The molecular weight excluding hydrogens is 312 g/mol. The third-order valence-corrected chi connectivity index (χ3v) is 3.99. The van der Waals surface area contributed by atoms with Crippen LogP contribution < -0.4 is 5.32 Å². The highest BCUT2D eigenvalue weighted by molar-refractivity contribution is 6.29. The second-order valence-corrected chi connectivity index (χ2v) is 6.30. The molecule has 1 N–H and O–H groups in total. The van der Waals surface area contributed by atoms with Crippen LogP contribution in [0.2, 0.25) is 5.15 Å². The highest BCUT2D eigenvalue weighted by atomic mass is 35.5. The van der Waals surface area contributed by atoms with Gasteiger partial charge in [0.25, 0.3) is 0 Å². The standard InChI is InChI=1S/C17H27ClN4O/c1-3-19-17(22(2)10-11-23-13-15-4-5-15)20-9-8-14-6-7-16(18)21-12-14/h6-7,12,15H,3-5,8-11,13H2,1-2H3,(H,19,20). The van der Waals surface area contributed by atoms with Crippen molar-refractivity contribution in [3.05, 3.63) is 29.0 Å². The Labute approximate surface area is 144 Å². The number of pyridine rings is 1. The summed E-state index contributed by atoms with van der Waals surface area (Å²) < 4.78 is 5.70. The molecule has 128 valence electrons. The van der Waals surface area contributed by atoms with Gasteiger partial charge in [-0.2, -0.15) is 0 Å². The number of nitrogens with one attached hydrogen (secondary N) is 1. The maximum absolute atomic E-state index is 5.80. The summed E-state index contributed by atoms with van der Waals surface area (Å²) in [5.74, 6) is 1.74. The Balaban J connectivity index is 1.74. The summed E-state index contributed by atoms with van der Waals surface area (Å²) in [5.41, 5.74) is 1.14. The van der Waals surface area contributed by atoms with E-state index in [1.165, 1.54) is 12.8 Å². The zero-order chi connectivity index (χ0) is 16.5. The second kappa shape index (κ2) is 9.73. The van der Waals surface area contributed by atoms with E-state index in [1.54, 1.807) is 6.20 Å². The van der Waals surface area contributed by atoms with Crippen LogP contribution in [0.3, 0.4) is 0 Å². The van der Waals surface area contributed by atoms with Crippen LogP contribution in [0.5, 0.6) is 0 Å². The number of nitrogens with zero attached hydrogens (tertiary/aromatic N) is 3. The van der Waals surface area contributed by atoms with Gasteiger partial charge in [0.15, 0.2) is 5.96 Å². The minimum absolute atomic E-state index is 0.525. The molecule has 0 radical (unpaired) electrons. The summed E-state index contributed by atoms with van der Waals surface area (Å²) in [4.78, 5) is 10.9. The quantitative estimate of drug-likeness (QED) is 0.325. The van der Waals surface area contributed by atoms with E-state index in [9.17, 15) is 0 Å². The van der Waals surface area contributed by atoms with E-state index in [2.05, 4.69) is 27.1 Å². The molecule has 0 amide bonds. The Morgan fingerprint density at radius 2 is 2.30 bits per heavy atom. The van der Waals surface area contributed by atoms with Gasteiger partial charge in [0, 0.05) is 39.5 Å². The van der Waals surface area contributed by atoms with Crippen LogP contribution in [0.1, 0.15) is 25.3 Å². The molecule has 0 spiro atoms. The van der Waals surface area contributed by atoms with Gasteiger partial charge in [0.05, 0.1) is 6.61 Å². The molecule has 2 rings (SSSR count). The molecule has 1 heterocycles. The van der Waals surface area contributed by atoms with E-state index in [1.807, 2.05) is 19.2 Å². The lowest BCUT2D eigenvalue weighted by Crippen LogP contribution is -2.40. The summed E-state index contributed by atoms with van der Waals surface area (Å²) in [6.07, 6.45) is 5.32. The molecule has 5 nitrogen and oxygen atoms in total. The Bertz CT molecular complexity index is 488. The first kappa shape index (κ1) is 18.0. The lowest BCUT2D eigenvalue weighted by Gasteiger charge is -2.22. The monoisotopic (exact) mass is 338 g/mol. The van der Waals surface area contributed by atoms with Gasteiger partial charge in [-0.15, -0.1) is 0 Å². The maximum atomic E-state index is 5.80. The fourth-order valence-electron chi connectivity index (χ4n) is 2.16. The van der Waals surface area contributed by atoms with Gasteiger partial charge in [0.2, 0.25) is 0 Å². The number of likely N-dealkylation sites (N-methyl/N-ethyl adjacent to an activating group) is 1. The Morgan fingerprint density at radius 1 is 1.48 bits per heavy atom. The van der Waals surface area contributed by atoms with Crippen molar-refractivity contribution in [2.24, 2.45) is 10.9 Å². The Kier molecular flexibility index (Phi) is 7.62. The number of aliphatic imine (C=N–C) groups is 1. The van der Waals surface area contributed by atoms with Gasteiger partial charge in [-0.25, -0.2) is 4.98 Å². The number of halogens is 1. The fraction of sp³-hybridized carbons (Fsp3) is 0.647. The average molecular weight is 339 g/mol. The summed E-state index contributed by atoms with van der Waals surface area (Å²) in [6, 6.07) is 3.81. The fourth-order valence-corrected chi connectivity index (χ4v) is 2.27. The smallest absolute Gasteiger partial charge is 0.193 e.